The molecule has 0 saturated heterocycles. The molecule has 36 heavy (non-hydrogen) atoms. The minimum atomic E-state index is 1.29. The van der Waals surface area contributed by atoms with Crippen LogP contribution in [-0.4, -0.2) is 3.21 Å². The topological polar surface area (TPSA) is 0 Å². The fourth-order valence-corrected chi connectivity index (χ4v) is 4.51. The molecule has 0 spiro atoms. The van der Waals surface area contributed by atoms with Gasteiger partial charge < -0.3 is 0 Å². The Balaban J connectivity index is 0.000000148. The van der Waals surface area contributed by atoms with E-state index in [9.17, 15) is 0 Å². The van der Waals surface area contributed by atoms with Crippen LogP contribution >= 0.6 is 0 Å². The van der Waals surface area contributed by atoms with Gasteiger partial charge in [0.05, 0.1) is 0 Å². The number of fused-ring (bicyclic) bond motifs is 2. The Morgan fingerprint density at radius 2 is 0.889 bits per heavy atom. The largest absolute Gasteiger partial charge is 0.165 e. The second-order valence-electron chi connectivity index (χ2n) is 9.41. The van der Waals surface area contributed by atoms with Crippen molar-refractivity contribution in [2.75, 3.05) is 0 Å². The third kappa shape index (κ3) is 6.54. The Morgan fingerprint density at radius 3 is 1.25 bits per heavy atom. The van der Waals surface area contributed by atoms with Gasteiger partial charge in [-0.15, -0.1) is 69.1 Å². The summed E-state index contributed by atoms with van der Waals surface area (Å²) in [4.78, 5) is 0. The van der Waals surface area contributed by atoms with Crippen molar-refractivity contribution < 1.29 is 24.2 Å². The monoisotopic (exact) mass is 542 g/mol. The quantitative estimate of drug-likeness (QED) is 0.191. The van der Waals surface area contributed by atoms with Crippen molar-refractivity contribution in [3.8, 4) is 22.3 Å². The smallest absolute Gasteiger partial charge is 0.0279 e. The molecule has 0 heterocycles. The van der Waals surface area contributed by atoms with Gasteiger partial charge in [-0.1, -0.05) is 97.8 Å². The molecule has 0 radical (unpaired) electrons. The van der Waals surface area contributed by atoms with E-state index in [1.54, 1.807) is 24.2 Å². The summed E-state index contributed by atoms with van der Waals surface area (Å²) in [5, 5.41) is 5.37. The maximum Gasteiger partial charge on any atom is -0.0279 e. The first-order chi connectivity index (χ1) is 17.4. The molecule has 0 bridgehead atoms. The SMILES string of the molecule is C[C](C)=[Zr+2].Cc1cc2c(-c3ccccc3)cccc2[cH-]1.Cc1cc2c(-c3ccccc3)cccc2[cH-]1. The van der Waals surface area contributed by atoms with E-state index in [0.717, 1.165) is 0 Å². The predicted molar refractivity (Wildman–Crippen MR) is 156 cm³/mol. The predicted octanol–water partition coefficient (Wildman–Crippen LogP) is 9.81. The van der Waals surface area contributed by atoms with E-state index in [-0.39, 0.29) is 0 Å². The van der Waals surface area contributed by atoms with E-state index in [4.69, 9.17) is 0 Å². The molecule has 1 heteroatoms. The molecule has 0 nitrogen and oxygen atoms in total. The molecule has 0 aromatic heterocycles. The first-order valence-electron chi connectivity index (χ1n) is 12.4. The summed E-state index contributed by atoms with van der Waals surface area (Å²) >= 11 is 1.55. The number of hydrogen-bond donors (Lipinski definition) is 0. The van der Waals surface area contributed by atoms with Crippen LogP contribution in [0.5, 0.6) is 0 Å². The molecule has 0 N–H and O–H groups in total. The second-order valence-corrected chi connectivity index (χ2v) is 11.9. The van der Waals surface area contributed by atoms with E-state index in [2.05, 4.69) is 149 Å². The average molecular weight is 544 g/mol. The summed E-state index contributed by atoms with van der Waals surface area (Å²) < 4.78 is 1.51. The summed E-state index contributed by atoms with van der Waals surface area (Å²) in [5.41, 5.74) is 7.89. The van der Waals surface area contributed by atoms with Crippen molar-refractivity contribution in [2.45, 2.75) is 27.7 Å². The third-order valence-electron chi connectivity index (χ3n) is 5.96. The van der Waals surface area contributed by atoms with Crippen LogP contribution in [0, 0.1) is 13.8 Å². The molecular formula is C35H32Zr. The van der Waals surface area contributed by atoms with Gasteiger partial charge in [-0.25, -0.2) is 0 Å². The Labute approximate surface area is 230 Å². The van der Waals surface area contributed by atoms with E-state index in [1.807, 2.05) is 0 Å². The van der Waals surface area contributed by atoms with Crippen molar-refractivity contribution in [2.24, 2.45) is 0 Å². The van der Waals surface area contributed by atoms with Crippen LogP contribution < -0.4 is 0 Å². The zero-order chi connectivity index (χ0) is 25.5. The van der Waals surface area contributed by atoms with Crippen LogP contribution in [0.3, 0.4) is 0 Å². The Morgan fingerprint density at radius 1 is 0.528 bits per heavy atom. The number of aryl methyl sites for hydroxylation is 2. The molecule has 0 saturated carbocycles. The fraction of sp³-hybridized carbons (Fsp3) is 0.114. The molecule has 6 aromatic rings. The van der Waals surface area contributed by atoms with E-state index < -0.39 is 0 Å². The standard InChI is InChI=1S/2C16H13.C3H6.Zr/c2*1-12-10-14-8-5-9-15(16(14)11-12)13-6-3-2-4-7-13;1-3-2;/h2*2-11H,1H3;1-2H3;/q2*-1;;+2. The molecule has 0 aliphatic rings. The number of rotatable bonds is 2. The van der Waals surface area contributed by atoms with Gasteiger partial charge in [0, 0.05) is 0 Å². The van der Waals surface area contributed by atoms with Crippen molar-refractivity contribution in [1.82, 2.24) is 0 Å². The van der Waals surface area contributed by atoms with Crippen molar-refractivity contribution in [1.29, 1.82) is 0 Å². The molecule has 6 aromatic carbocycles. The summed E-state index contributed by atoms with van der Waals surface area (Å²) in [6, 6.07) is 43.1. The van der Waals surface area contributed by atoms with Gasteiger partial charge >= 0.3 is 41.3 Å². The van der Waals surface area contributed by atoms with Gasteiger partial charge in [0.2, 0.25) is 0 Å². The van der Waals surface area contributed by atoms with Gasteiger partial charge in [-0.2, -0.15) is 12.1 Å². The van der Waals surface area contributed by atoms with Crippen molar-refractivity contribution in [3.63, 3.8) is 0 Å². The molecule has 0 fully saturated rings. The fourth-order valence-electron chi connectivity index (χ4n) is 4.51. The summed E-state index contributed by atoms with van der Waals surface area (Å²) in [6.45, 7) is 8.54. The zero-order valence-electron chi connectivity index (χ0n) is 21.5. The third-order valence-corrected chi connectivity index (χ3v) is 5.96. The molecular weight excluding hydrogens is 512 g/mol. The van der Waals surface area contributed by atoms with Gasteiger partial charge in [-0.05, 0) is 11.1 Å². The first-order valence-corrected chi connectivity index (χ1v) is 13.6. The van der Waals surface area contributed by atoms with Gasteiger partial charge in [0.15, 0.2) is 0 Å². The van der Waals surface area contributed by atoms with E-state index in [0.29, 0.717) is 0 Å². The molecule has 0 aliphatic heterocycles. The van der Waals surface area contributed by atoms with Crippen LogP contribution in [0.4, 0.5) is 0 Å². The maximum atomic E-state index is 2.26. The Hall–Kier alpha value is -3.15. The summed E-state index contributed by atoms with van der Waals surface area (Å²) in [5.74, 6) is 0. The van der Waals surface area contributed by atoms with Gasteiger partial charge in [0.1, 0.15) is 0 Å². The first kappa shape index (κ1) is 25.9. The van der Waals surface area contributed by atoms with E-state index in [1.165, 1.54) is 58.1 Å². The Kier molecular flexibility index (Phi) is 8.79. The molecule has 0 unspecified atom stereocenters. The van der Waals surface area contributed by atoms with Gasteiger partial charge in [0.25, 0.3) is 0 Å². The second kappa shape index (κ2) is 12.2. The van der Waals surface area contributed by atoms with Crippen molar-refractivity contribution >= 4 is 24.8 Å². The minimum absolute atomic E-state index is 1.29. The van der Waals surface area contributed by atoms with Crippen LogP contribution in [-0.2, 0) is 24.2 Å². The van der Waals surface area contributed by atoms with Gasteiger partial charge in [-0.3, -0.25) is 0 Å². The Bertz CT molecular complexity index is 1440. The molecule has 0 amide bonds. The normalized spacial score (nSPS) is 10.4. The molecule has 0 atom stereocenters. The summed E-state index contributed by atoms with van der Waals surface area (Å²) in [7, 11) is 0. The molecule has 6 rings (SSSR count). The maximum absolute atomic E-state index is 2.26. The zero-order valence-corrected chi connectivity index (χ0v) is 24.0. The average Bonchev–Trinajstić information content (AvgIpc) is 3.45. The molecule has 0 aliphatic carbocycles. The van der Waals surface area contributed by atoms with E-state index >= 15 is 0 Å². The summed E-state index contributed by atoms with van der Waals surface area (Å²) in [6.07, 6.45) is 0. The van der Waals surface area contributed by atoms with Crippen LogP contribution in [0.25, 0.3) is 43.8 Å². The van der Waals surface area contributed by atoms with Crippen molar-refractivity contribution in [3.05, 3.63) is 132 Å². The van der Waals surface area contributed by atoms with Crippen LogP contribution in [0.2, 0.25) is 0 Å². The number of hydrogen-bond acceptors (Lipinski definition) is 0. The number of benzene rings is 4. The van der Waals surface area contributed by atoms with Crippen LogP contribution in [0.15, 0.2) is 121 Å². The molecule has 176 valence electrons. The van der Waals surface area contributed by atoms with Crippen LogP contribution in [0.1, 0.15) is 25.0 Å². The minimum Gasteiger partial charge on any atom is -0.165 e.